The number of aryl methyl sites for hydroxylation is 1. The van der Waals surface area contributed by atoms with Crippen LogP contribution in [0, 0.1) is 13.8 Å². The first kappa shape index (κ1) is 23.7. The predicted octanol–water partition coefficient (Wildman–Crippen LogP) is 5.50. The molecule has 6 rings (SSSR count). The van der Waals surface area contributed by atoms with E-state index in [1.54, 1.807) is 0 Å². The van der Waals surface area contributed by atoms with E-state index in [0.717, 1.165) is 43.4 Å². The van der Waals surface area contributed by atoms with Crippen molar-refractivity contribution in [3.05, 3.63) is 108 Å². The highest BCUT2D eigenvalue weighted by atomic mass is 32.1. The molecular formula is C30H31N5OS. The van der Waals surface area contributed by atoms with Crippen LogP contribution in [0.2, 0.25) is 0 Å². The van der Waals surface area contributed by atoms with Crippen LogP contribution >= 0.6 is 12.2 Å². The summed E-state index contributed by atoms with van der Waals surface area (Å²) in [5.41, 5.74) is 8.06. The van der Waals surface area contributed by atoms with Crippen molar-refractivity contribution in [2.45, 2.75) is 25.9 Å². The number of nitrogens with one attached hydrogen (secondary N) is 1. The van der Waals surface area contributed by atoms with Crippen molar-refractivity contribution in [1.29, 1.82) is 0 Å². The molecule has 37 heavy (non-hydrogen) atoms. The third-order valence-electron chi connectivity index (χ3n) is 7.41. The summed E-state index contributed by atoms with van der Waals surface area (Å²) in [4.78, 5) is 9.35. The molecule has 0 radical (unpaired) electrons. The van der Waals surface area contributed by atoms with E-state index in [9.17, 15) is 0 Å². The average Bonchev–Trinajstić information content (AvgIpc) is 3.45. The Morgan fingerprint density at radius 3 is 2.27 bits per heavy atom. The fraction of sp³-hybridized carbons (Fsp3) is 0.267. The molecule has 2 saturated heterocycles. The van der Waals surface area contributed by atoms with Crippen LogP contribution in [0.3, 0.4) is 0 Å². The highest BCUT2D eigenvalue weighted by Crippen LogP contribution is 2.44. The number of morpholine rings is 1. The van der Waals surface area contributed by atoms with Crippen LogP contribution in [0.15, 0.2) is 85.1 Å². The standard InChI is InChI=1S/C30H31N5OS/c1-21-20-26(22(2)34(21)24-8-4-3-5-9-24)29-28(27-10-6-7-15-31-27)32-30(37)35(29)25-13-11-23(12-14-25)33-16-18-36-19-17-33/h3-15,20,28-29H,16-19H2,1-2H3,(H,32,37)/t28-,29-/m1/s1. The van der Waals surface area contributed by atoms with E-state index < -0.39 is 0 Å². The average molecular weight is 510 g/mol. The minimum atomic E-state index is -0.0719. The Kier molecular flexibility index (Phi) is 6.40. The van der Waals surface area contributed by atoms with Gasteiger partial charge < -0.3 is 24.4 Å². The Balaban J connectivity index is 1.43. The van der Waals surface area contributed by atoms with E-state index in [2.05, 4.69) is 100 Å². The van der Waals surface area contributed by atoms with Gasteiger partial charge >= 0.3 is 0 Å². The SMILES string of the molecule is Cc1cc([C@@H]2[C@@H](c3ccccn3)NC(=S)N2c2ccc(N3CCOCC3)cc2)c(C)n1-c1ccccc1. The highest BCUT2D eigenvalue weighted by Gasteiger charge is 2.42. The van der Waals surface area contributed by atoms with Gasteiger partial charge in [0.15, 0.2) is 5.11 Å². The molecule has 2 aliphatic heterocycles. The minimum Gasteiger partial charge on any atom is -0.378 e. The number of hydrogen-bond acceptors (Lipinski definition) is 4. The van der Waals surface area contributed by atoms with Crippen LogP contribution in [0.4, 0.5) is 11.4 Å². The molecule has 0 unspecified atom stereocenters. The van der Waals surface area contributed by atoms with Crippen molar-refractivity contribution in [3.63, 3.8) is 0 Å². The van der Waals surface area contributed by atoms with Gasteiger partial charge in [-0.15, -0.1) is 0 Å². The van der Waals surface area contributed by atoms with Gasteiger partial charge in [-0.2, -0.15) is 0 Å². The quantitative estimate of drug-likeness (QED) is 0.358. The van der Waals surface area contributed by atoms with Gasteiger partial charge in [0.05, 0.1) is 31.0 Å². The first-order chi connectivity index (χ1) is 18.1. The summed E-state index contributed by atoms with van der Waals surface area (Å²) in [6, 6.07) is 27.5. The number of thiocarbonyl (C=S) groups is 1. The van der Waals surface area contributed by atoms with Crippen LogP contribution in [0.5, 0.6) is 0 Å². The summed E-state index contributed by atoms with van der Waals surface area (Å²) in [5, 5.41) is 4.31. The molecule has 188 valence electrons. The number of benzene rings is 2. The number of hydrogen-bond donors (Lipinski definition) is 1. The topological polar surface area (TPSA) is 45.6 Å². The number of para-hydroxylation sites is 1. The van der Waals surface area contributed by atoms with E-state index in [0.29, 0.717) is 5.11 Å². The molecule has 0 bridgehead atoms. The molecule has 2 aliphatic rings. The fourth-order valence-corrected chi connectivity index (χ4v) is 6.00. The third kappa shape index (κ3) is 4.38. The minimum absolute atomic E-state index is 0.0414. The highest BCUT2D eigenvalue weighted by molar-refractivity contribution is 7.80. The molecule has 0 spiro atoms. The summed E-state index contributed by atoms with van der Waals surface area (Å²) >= 11 is 5.96. The molecule has 2 atom stereocenters. The van der Waals surface area contributed by atoms with Gasteiger partial charge in [0.1, 0.15) is 0 Å². The molecule has 0 aliphatic carbocycles. The van der Waals surface area contributed by atoms with E-state index in [1.807, 2.05) is 18.3 Å². The lowest BCUT2D eigenvalue weighted by Crippen LogP contribution is -2.36. The van der Waals surface area contributed by atoms with E-state index in [4.69, 9.17) is 21.9 Å². The lowest BCUT2D eigenvalue weighted by Gasteiger charge is -2.31. The van der Waals surface area contributed by atoms with Crippen LogP contribution < -0.4 is 15.1 Å². The van der Waals surface area contributed by atoms with Crippen LogP contribution in [-0.2, 0) is 4.74 Å². The summed E-state index contributed by atoms with van der Waals surface area (Å²) in [6.07, 6.45) is 1.85. The number of nitrogens with zero attached hydrogens (tertiary/aromatic N) is 4. The smallest absolute Gasteiger partial charge is 0.174 e. The fourth-order valence-electron chi connectivity index (χ4n) is 5.66. The molecule has 7 heteroatoms. The Morgan fingerprint density at radius 1 is 0.865 bits per heavy atom. The molecular weight excluding hydrogens is 478 g/mol. The van der Waals surface area contributed by atoms with Gasteiger partial charge in [0, 0.05) is 47.7 Å². The Morgan fingerprint density at radius 2 is 1.57 bits per heavy atom. The summed E-state index contributed by atoms with van der Waals surface area (Å²) in [6.45, 7) is 7.74. The second-order valence-electron chi connectivity index (χ2n) is 9.61. The molecule has 0 saturated carbocycles. The first-order valence-electron chi connectivity index (χ1n) is 12.8. The number of pyridine rings is 1. The van der Waals surface area contributed by atoms with Crippen molar-refractivity contribution < 1.29 is 4.74 Å². The molecule has 4 aromatic rings. The lowest BCUT2D eigenvalue weighted by molar-refractivity contribution is 0.122. The van der Waals surface area contributed by atoms with Crippen molar-refractivity contribution in [2.75, 3.05) is 36.1 Å². The maximum Gasteiger partial charge on any atom is 0.174 e. The number of rotatable bonds is 5. The van der Waals surface area contributed by atoms with Gasteiger partial charge in [0.2, 0.25) is 0 Å². The van der Waals surface area contributed by atoms with Gasteiger partial charge in [-0.1, -0.05) is 24.3 Å². The third-order valence-corrected chi connectivity index (χ3v) is 7.72. The first-order valence-corrected chi connectivity index (χ1v) is 13.2. The summed E-state index contributed by atoms with van der Waals surface area (Å²) in [7, 11) is 0. The number of aromatic nitrogens is 2. The van der Waals surface area contributed by atoms with Crippen molar-refractivity contribution in [1.82, 2.24) is 14.9 Å². The van der Waals surface area contributed by atoms with Gasteiger partial charge in [0.25, 0.3) is 0 Å². The molecule has 2 fully saturated rings. The second-order valence-corrected chi connectivity index (χ2v) is 10.00. The largest absolute Gasteiger partial charge is 0.378 e. The zero-order chi connectivity index (χ0) is 25.4. The molecule has 4 heterocycles. The molecule has 2 aromatic carbocycles. The van der Waals surface area contributed by atoms with Gasteiger partial charge in [-0.05, 0) is 86.2 Å². The van der Waals surface area contributed by atoms with Gasteiger partial charge in [-0.25, -0.2) is 0 Å². The Hall–Kier alpha value is -3.68. The number of ether oxygens (including phenoxy) is 1. The lowest BCUT2D eigenvalue weighted by atomic mass is 9.96. The number of anilines is 2. The molecule has 1 N–H and O–H groups in total. The molecule has 0 amide bonds. The van der Waals surface area contributed by atoms with Crippen molar-refractivity contribution >= 4 is 28.7 Å². The van der Waals surface area contributed by atoms with Crippen molar-refractivity contribution in [2.24, 2.45) is 0 Å². The summed E-state index contributed by atoms with van der Waals surface area (Å²) < 4.78 is 7.85. The normalized spacial score (nSPS) is 19.8. The van der Waals surface area contributed by atoms with Crippen LogP contribution in [-0.4, -0.2) is 41.0 Å². The van der Waals surface area contributed by atoms with Crippen LogP contribution in [0.1, 0.15) is 34.7 Å². The zero-order valence-corrected chi connectivity index (χ0v) is 22.0. The summed E-state index contributed by atoms with van der Waals surface area (Å²) in [5.74, 6) is 0. The molecule has 2 aromatic heterocycles. The Labute approximate surface area is 223 Å². The maximum atomic E-state index is 5.96. The van der Waals surface area contributed by atoms with Crippen LogP contribution in [0.25, 0.3) is 5.69 Å². The predicted molar refractivity (Wildman–Crippen MR) is 153 cm³/mol. The van der Waals surface area contributed by atoms with E-state index in [-0.39, 0.29) is 12.1 Å². The van der Waals surface area contributed by atoms with E-state index in [1.165, 1.54) is 22.6 Å². The monoisotopic (exact) mass is 509 g/mol. The maximum absolute atomic E-state index is 5.96. The Bertz CT molecular complexity index is 1380. The van der Waals surface area contributed by atoms with Crippen molar-refractivity contribution in [3.8, 4) is 5.69 Å². The zero-order valence-electron chi connectivity index (χ0n) is 21.2. The molecule has 6 nitrogen and oxygen atoms in total. The second kappa shape index (κ2) is 10.00. The van der Waals surface area contributed by atoms with E-state index >= 15 is 0 Å². The van der Waals surface area contributed by atoms with Gasteiger partial charge in [-0.3, -0.25) is 4.98 Å².